The largest absolute Gasteiger partial charge is 0.454 e. The van der Waals surface area contributed by atoms with E-state index in [9.17, 15) is 4.79 Å². The highest BCUT2D eigenvalue weighted by Gasteiger charge is 2.39. The smallest absolute Gasteiger partial charge is 0.240 e. The lowest BCUT2D eigenvalue weighted by Crippen LogP contribution is -2.58. The van der Waals surface area contributed by atoms with E-state index in [2.05, 4.69) is 5.32 Å². The van der Waals surface area contributed by atoms with Crippen molar-refractivity contribution in [1.82, 2.24) is 5.32 Å². The number of nitrogens with one attached hydrogen (secondary N) is 1. The molecule has 0 unspecified atom stereocenters. The van der Waals surface area contributed by atoms with E-state index in [0.29, 0.717) is 6.54 Å². The lowest BCUT2D eigenvalue weighted by molar-refractivity contribution is -0.129. The average Bonchev–Trinajstić information content (AvgIpc) is 2.81. The van der Waals surface area contributed by atoms with Crippen molar-refractivity contribution >= 4 is 5.91 Å². The second kappa shape index (κ2) is 4.17. The Balaban J connectivity index is 1.67. The Morgan fingerprint density at radius 3 is 2.94 bits per heavy atom. The number of hydrogen-bond acceptors (Lipinski definition) is 4. The zero-order valence-electron chi connectivity index (χ0n) is 10.1. The Morgan fingerprint density at radius 2 is 2.22 bits per heavy atom. The van der Waals surface area contributed by atoms with E-state index in [4.69, 9.17) is 15.2 Å². The van der Waals surface area contributed by atoms with Crippen LogP contribution >= 0.6 is 0 Å². The van der Waals surface area contributed by atoms with Crippen molar-refractivity contribution in [3.63, 3.8) is 0 Å². The van der Waals surface area contributed by atoms with Gasteiger partial charge in [0.25, 0.3) is 0 Å². The minimum absolute atomic E-state index is 0.0785. The van der Waals surface area contributed by atoms with Gasteiger partial charge in [0, 0.05) is 12.1 Å². The number of rotatable bonds is 3. The van der Waals surface area contributed by atoms with E-state index in [1.807, 2.05) is 18.2 Å². The van der Waals surface area contributed by atoms with Gasteiger partial charge in [-0.25, -0.2) is 0 Å². The van der Waals surface area contributed by atoms with Crippen LogP contribution in [0.15, 0.2) is 18.2 Å². The van der Waals surface area contributed by atoms with Crippen molar-refractivity contribution in [3.8, 4) is 11.5 Å². The Morgan fingerprint density at radius 1 is 1.39 bits per heavy atom. The molecule has 96 valence electrons. The van der Waals surface area contributed by atoms with Crippen LogP contribution < -0.4 is 20.5 Å². The van der Waals surface area contributed by atoms with Gasteiger partial charge in [0.05, 0.1) is 5.54 Å². The van der Waals surface area contributed by atoms with Crippen molar-refractivity contribution in [3.05, 3.63) is 23.8 Å². The molecule has 1 aromatic carbocycles. The number of carbonyl (C=O) groups excluding carboxylic acids is 1. The van der Waals surface area contributed by atoms with Crippen LogP contribution in [0, 0.1) is 0 Å². The Bertz CT molecular complexity index is 483. The summed E-state index contributed by atoms with van der Waals surface area (Å²) in [5.41, 5.74) is 6.22. The van der Waals surface area contributed by atoms with E-state index in [1.165, 1.54) is 0 Å². The van der Waals surface area contributed by atoms with E-state index in [-0.39, 0.29) is 12.7 Å². The molecule has 0 atom stereocenters. The first-order valence-corrected chi connectivity index (χ1v) is 6.14. The highest BCUT2D eigenvalue weighted by Crippen LogP contribution is 2.35. The number of ether oxygens (including phenoxy) is 2. The number of fused-ring (bicyclic) bond motifs is 1. The number of nitrogens with two attached hydrogens (primary N) is 1. The van der Waals surface area contributed by atoms with Gasteiger partial charge in [-0.05, 0) is 25.3 Å². The summed E-state index contributed by atoms with van der Waals surface area (Å²) in [4.78, 5) is 11.9. The molecule has 3 N–H and O–H groups in total. The molecule has 0 spiro atoms. The predicted octanol–water partition coefficient (Wildman–Crippen LogP) is 0.913. The highest BCUT2D eigenvalue weighted by molar-refractivity contribution is 5.87. The van der Waals surface area contributed by atoms with Crippen molar-refractivity contribution in [1.29, 1.82) is 0 Å². The van der Waals surface area contributed by atoms with Crippen LogP contribution in [0.1, 0.15) is 24.8 Å². The first-order chi connectivity index (χ1) is 8.69. The molecule has 1 aromatic rings. The zero-order chi connectivity index (χ0) is 12.6. The topological polar surface area (TPSA) is 73.6 Å². The summed E-state index contributed by atoms with van der Waals surface area (Å²) in [6.45, 7) is 0.658. The molecule has 5 heteroatoms. The SMILES string of the molecule is NC1(C(=O)NCc2cccc3c2OCO3)CCC1. The zero-order valence-corrected chi connectivity index (χ0v) is 10.1. The van der Waals surface area contributed by atoms with Gasteiger partial charge in [-0.1, -0.05) is 12.1 Å². The van der Waals surface area contributed by atoms with Crippen molar-refractivity contribution < 1.29 is 14.3 Å². The Hall–Kier alpha value is -1.75. The van der Waals surface area contributed by atoms with Crippen LogP contribution in [-0.2, 0) is 11.3 Å². The molecule has 1 heterocycles. The molecule has 0 radical (unpaired) electrons. The van der Waals surface area contributed by atoms with E-state index in [1.54, 1.807) is 0 Å². The van der Waals surface area contributed by atoms with Gasteiger partial charge >= 0.3 is 0 Å². The number of para-hydroxylation sites is 1. The minimum atomic E-state index is -0.657. The molecule has 2 aliphatic rings. The number of amides is 1. The predicted molar refractivity (Wildman–Crippen MR) is 65.2 cm³/mol. The van der Waals surface area contributed by atoms with Gasteiger partial charge in [-0.3, -0.25) is 4.79 Å². The molecule has 1 aliphatic carbocycles. The quantitative estimate of drug-likeness (QED) is 0.834. The number of hydrogen-bond donors (Lipinski definition) is 2. The maximum absolute atomic E-state index is 11.9. The molecule has 1 aliphatic heterocycles. The fourth-order valence-corrected chi connectivity index (χ4v) is 2.27. The first kappa shape index (κ1) is 11.3. The summed E-state index contributed by atoms with van der Waals surface area (Å²) >= 11 is 0. The first-order valence-electron chi connectivity index (χ1n) is 6.14. The summed E-state index contributed by atoms with van der Waals surface area (Å²) in [5.74, 6) is 1.37. The molecule has 0 bridgehead atoms. The average molecular weight is 248 g/mol. The van der Waals surface area contributed by atoms with Gasteiger partial charge in [-0.2, -0.15) is 0 Å². The monoisotopic (exact) mass is 248 g/mol. The van der Waals surface area contributed by atoms with E-state index in [0.717, 1.165) is 36.3 Å². The van der Waals surface area contributed by atoms with Crippen molar-refractivity contribution in [2.45, 2.75) is 31.3 Å². The van der Waals surface area contributed by atoms with Gasteiger partial charge in [-0.15, -0.1) is 0 Å². The Labute approximate surface area is 105 Å². The van der Waals surface area contributed by atoms with Crippen LogP contribution in [-0.4, -0.2) is 18.2 Å². The van der Waals surface area contributed by atoms with Gasteiger partial charge < -0.3 is 20.5 Å². The molecule has 1 fully saturated rings. The van der Waals surface area contributed by atoms with E-state index < -0.39 is 5.54 Å². The summed E-state index contributed by atoms with van der Waals surface area (Å²) in [5, 5.41) is 2.87. The summed E-state index contributed by atoms with van der Waals surface area (Å²) < 4.78 is 10.7. The normalized spacial score (nSPS) is 19.2. The van der Waals surface area contributed by atoms with Crippen LogP contribution in [0.5, 0.6) is 11.5 Å². The lowest BCUT2D eigenvalue weighted by Gasteiger charge is -2.36. The third-order valence-corrected chi connectivity index (χ3v) is 3.62. The van der Waals surface area contributed by atoms with Gasteiger partial charge in [0.1, 0.15) is 0 Å². The van der Waals surface area contributed by atoms with Crippen LogP contribution in [0.4, 0.5) is 0 Å². The fourth-order valence-electron chi connectivity index (χ4n) is 2.27. The Kier molecular flexibility index (Phi) is 2.63. The van der Waals surface area contributed by atoms with Crippen LogP contribution in [0.2, 0.25) is 0 Å². The maximum atomic E-state index is 11.9. The fraction of sp³-hybridized carbons (Fsp3) is 0.462. The van der Waals surface area contributed by atoms with Crippen LogP contribution in [0.25, 0.3) is 0 Å². The molecule has 3 rings (SSSR count). The summed E-state index contributed by atoms with van der Waals surface area (Å²) in [6, 6.07) is 5.65. The summed E-state index contributed by atoms with van der Waals surface area (Å²) in [7, 11) is 0. The maximum Gasteiger partial charge on any atom is 0.240 e. The second-order valence-corrected chi connectivity index (χ2v) is 4.84. The summed E-state index contributed by atoms with van der Waals surface area (Å²) in [6.07, 6.45) is 2.57. The minimum Gasteiger partial charge on any atom is -0.454 e. The molecular weight excluding hydrogens is 232 g/mol. The molecule has 0 aromatic heterocycles. The molecular formula is C13H16N2O3. The van der Waals surface area contributed by atoms with Crippen LogP contribution in [0.3, 0.4) is 0 Å². The number of benzene rings is 1. The number of carbonyl (C=O) groups is 1. The molecule has 0 saturated heterocycles. The highest BCUT2D eigenvalue weighted by atomic mass is 16.7. The third-order valence-electron chi connectivity index (χ3n) is 3.62. The lowest BCUT2D eigenvalue weighted by atomic mass is 9.77. The van der Waals surface area contributed by atoms with E-state index >= 15 is 0 Å². The molecule has 18 heavy (non-hydrogen) atoms. The van der Waals surface area contributed by atoms with Crippen molar-refractivity contribution in [2.75, 3.05) is 6.79 Å². The van der Waals surface area contributed by atoms with Crippen molar-refractivity contribution in [2.24, 2.45) is 5.73 Å². The molecule has 1 amide bonds. The third kappa shape index (κ3) is 1.80. The molecule has 5 nitrogen and oxygen atoms in total. The standard InChI is InChI=1S/C13H16N2O3/c14-13(5-2-6-13)12(16)15-7-9-3-1-4-10-11(9)18-8-17-10/h1,3-4H,2,5-8,14H2,(H,15,16). The molecule has 1 saturated carbocycles. The second-order valence-electron chi connectivity index (χ2n) is 4.84. The van der Waals surface area contributed by atoms with Gasteiger partial charge in [0.15, 0.2) is 11.5 Å². The van der Waals surface area contributed by atoms with Gasteiger partial charge in [0.2, 0.25) is 12.7 Å².